The number of ether oxygens (including phenoxy) is 4. The third-order valence-corrected chi connectivity index (χ3v) is 12.4. The summed E-state index contributed by atoms with van der Waals surface area (Å²) in [6.45, 7) is 3.54. The van der Waals surface area contributed by atoms with Gasteiger partial charge in [0.25, 0.3) is 5.91 Å². The van der Waals surface area contributed by atoms with Crippen molar-refractivity contribution in [3.05, 3.63) is 86.9 Å². The van der Waals surface area contributed by atoms with Crippen LogP contribution in [0.4, 0.5) is 0 Å². The second-order valence-corrected chi connectivity index (χ2v) is 14.4. The summed E-state index contributed by atoms with van der Waals surface area (Å²) < 4.78 is 36.1. The lowest BCUT2D eigenvalue weighted by molar-refractivity contribution is -0.113. The summed E-state index contributed by atoms with van der Waals surface area (Å²) in [6.07, 6.45) is 2.34. The van der Waals surface area contributed by atoms with Crippen LogP contribution in [0.15, 0.2) is 54.6 Å². The van der Waals surface area contributed by atoms with Crippen molar-refractivity contribution >= 4 is 52.7 Å². The molecule has 0 unspecified atom stereocenters. The highest BCUT2D eigenvalue weighted by atomic mass is 35.5. The summed E-state index contributed by atoms with van der Waals surface area (Å²) in [7, 11) is 4.59. The van der Waals surface area contributed by atoms with E-state index in [4.69, 9.17) is 42.1 Å². The predicted octanol–water partition coefficient (Wildman–Crippen LogP) is 6.45. The molecule has 248 valence electrons. The van der Waals surface area contributed by atoms with E-state index in [1.165, 1.54) is 32.5 Å². The van der Waals surface area contributed by atoms with Crippen LogP contribution in [0.25, 0.3) is 0 Å². The Hall–Kier alpha value is -2.37. The molecule has 3 aromatic carbocycles. The molecular weight excluding hydrogens is 671 g/mol. The first-order valence-corrected chi connectivity index (χ1v) is 17.2. The van der Waals surface area contributed by atoms with Gasteiger partial charge in [-0.25, -0.2) is 0 Å². The number of benzene rings is 3. The molecule has 3 heterocycles. The number of methoxy groups -OCH3 is 3. The number of hydrogen-bond acceptors (Lipinski definition) is 7. The molecule has 46 heavy (non-hydrogen) atoms. The van der Waals surface area contributed by atoms with Crippen molar-refractivity contribution in [2.24, 2.45) is 0 Å². The molecule has 3 aliphatic heterocycles. The predicted molar refractivity (Wildman–Crippen MR) is 184 cm³/mol. The molecular formula is C34H39Cl3N2O6S. The summed E-state index contributed by atoms with van der Waals surface area (Å²) in [4.78, 5) is 18.2. The Morgan fingerprint density at radius 2 is 1.65 bits per heavy atom. The van der Waals surface area contributed by atoms with Gasteiger partial charge in [0, 0.05) is 55.7 Å². The molecule has 3 aliphatic rings. The van der Waals surface area contributed by atoms with Crippen LogP contribution in [0.1, 0.15) is 46.3 Å². The number of carbonyl (C=O) groups is 1. The SMILES string of the molecule is COc1cc(C(=O)N2CCO[C@](CCN3CCC4(CC3)c3ccccc3C[S@+]4[O-])(c3ccc(Cl)c(Cl)c3)C2)cc(OC)c1OC.Cl. The zero-order valence-electron chi connectivity index (χ0n) is 26.2. The first-order chi connectivity index (χ1) is 21.7. The maximum absolute atomic E-state index is 14.0. The lowest BCUT2D eigenvalue weighted by Crippen LogP contribution is -2.53. The van der Waals surface area contributed by atoms with Crippen LogP contribution in [0, 0.1) is 0 Å². The van der Waals surface area contributed by atoms with Gasteiger partial charge in [0.15, 0.2) is 16.2 Å². The zero-order chi connectivity index (χ0) is 31.8. The third kappa shape index (κ3) is 6.40. The van der Waals surface area contributed by atoms with Gasteiger partial charge in [-0.05, 0) is 47.4 Å². The number of carbonyl (C=O) groups excluding carboxylic acids is 1. The smallest absolute Gasteiger partial charge is 0.254 e. The second kappa shape index (κ2) is 14.4. The topological polar surface area (TPSA) is 83.5 Å². The lowest BCUT2D eigenvalue weighted by atomic mass is 9.85. The molecule has 1 amide bonds. The van der Waals surface area contributed by atoms with Gasteiger partial charge in [-0.2, -0.15) is 0 Å². The summed E-state index contributed by atoms with van der Waals surface area (Å²) in [5, 5.41) is 0.899. The average molecular weight is 710 g/mol. The molecule has 2 fully saturated rings. The Kier molecular flexibility index (Phi) is 10.9. The first-order valence-electron chi connectivity index (χ1n) is 15.1. The van der Waals surface area contributed by atoms with Crippen molar-refractivity contribution in [2.75, 3.05) is 60.7 Å². The number of nitrogens with zero attached hydrogens (tertiary/aromatic N) is 2. The van der Waals surface area contributed by atoms with Gasteiger partial charge < -0.3 is 33.3 Å². The van der Waals surface area contributed by atoms with Gasteiger partial charge in [-0.15, -0.1) is 12.4 Å². The summed E-state index contributed by atoms with van der Waals surface area (Å²) in [5.41, 5.74) is 2.97. The fourth-order valence-corrected chi connectivity index (χ4v) is 9.25. The molecule has 0 saturated carbocycles. The van der Waals surface area contributed by atoms with Crippen molar-refractivity contribution in [2.45, 2.75) is 35.4 Å². The van der Waals surface area contributed by atoms with E-state index in [1.807, 2.05) is 23.1 Å². The van der Waals surface area contributed by atoms with E-state index >= 15 is 0 Å². The third-order valence-electron chi connectivity index (χ3n) is 9.56. The number of amides is 1. The highest BCUT2D eigenvalue weighted by Gasteiger charge is 2.52. The largest absolute Gasteiger partial charge is 0.615 e. The molecule has 2 saturated heterocycles. The van der Waals surface area contributed by atoms with E-state index in [-0.39, 0.29) is 23.1 Å². The lowest BCUT2D eigenvalue weighted by Gasteiger charge is -2.45. The number of halogens is 3. The molecule has 8 nitrogen and oxygen atoms in total. The quantitative estimate of drug-likeness (QED) is 0.249. The molecule has 12 heteroatoms. The molecule has 0 aromatic heterocycles. The molecule has 3 aromatic rings. The number of rotatable bonds is 8. The van der Waals surface area contributed by atoms with Gasteiger partial charge in [0.2, 0.25) is 5.75 Å². The van der Waals surface area contributed by atoms with Gasteiger partial charge in [-0.1, -0.05) is 53.5 Å². The Balaban J connectivity index is 0.00000417. The molecule has 0 radical (unpaired) electrons. The number of likely N-dealkylation sites (tertiary alicyclic amines) is 1. The van der Waals surface area contributed by atoms with Crippen LogP contribution in [0.2, 0.25) is 10.0 Å². The van der Waals surface area contributed by atoms with Gasteiger partial charge >= 0.3 is 0 Å². The highest BCUT2D eigenvalue weighted by molar-refractivity contribution is 7.92. The average Bonchev–Trinajstić information content (AvgIpc) is 3.34. The van der Waals surface area contributed by atoms with Crippen molar-refractivity contribution in [1.82, 2.24) is 9.80 Å². The molecule has 1 spiro atoms. The van der Waals surface area contributed by atoms with Gasteiger partial charge in [0.1, 0.15) is 11.4 Å². The van der Waals surface area contributed by atoms with Crippen molar-refractivity contribution in [3.63, 3.8) is 0 Å². The van der Waals surface area contributed by atoms with E-state index in [2.05, 4.69) is 23.1 Å². The van der Waals surface area contributed by atoms with Crippen LogP contribution in [0.5, 0.6) is 17.2 Å². The summed E-state index contributed by atoms with van der Waals surface area (Å²) in [5.74, 6) is 1.73. The Morgan fingerprint density at radius 1 is 0.957 bits per heavy atom. The Labute approximate surface area is 289 Å². The van der Waals surface area contributed by atoms with Crippen LogP contribution >= 0.6 is 35.6 Å². The minimum atomic E-state index is -0.914. The molecule has 2 atom stereocenters. The van der Waals surface area contributed by atoms with Crippen molar-refractivity contribution in [3.8, 4) is 17.2 Å². The van der Waals surface area contributed by atoms with E-state index in [1.54, 1.807) is 18.2 Å². The standard InChI is InChI=1S/C34H38Cl2N2O6S.ClH/c1-41-29-18-24(19-30(42-2)31(29)43-3)32(39)38-16-17-44-33(22-38,25-8-9-27(35)28(36)20-25)10-13-37-14-11-34(12-15-37)26-7-5-4-6-23(26)21-45(34)40;/h4-9,18-20H,10-17,21-22H2,1-3H3;1H/t33-,45-;/m0./s1. The van der Waals surface area contributed by atoms with Crippen LogP contribution in [0.3, 0.4) is 0 Å². The van der Waals surface area contributed by atoms with Gasteiger partial charge in [-0.3, -0.25) is 4.79 Å². The maximum atomic E-state index is 14.0. The summed E-state index contributed by atoms with van der Waals surface area (Å²) >= 11 is 11.9. The van der Waals surface area contributed by atoms with Crippen LogP contribution in [-0.2, 0) is 32.0 Å². The van der Waals surface area contributed by atoms with Crippen molar-refractivity contribution < 1.29 is 28.3 Å². The molecule has 0 bridgehead atoms. The first kappa shape index (κ1) is 35.0. The number of piperidine rings is 1. The molecule has 0 N–H and O–H groups in total. The monoisotopic (exact) mass is 708 g/mol. The van der Waals surface area contributed by atoms with E-state index in [0.717, 1.165) is 38.0 Å². The van der Waals surface area contributed by atoms with Gasteiger partial charge in [0.05, 0.1) is 44.5 Å². The van der Waals surface area contributed by atoms with Crippen molar-refractivity contribution in [1.29, 1.82) is 0 Å². The molecule has 6 rings (SSSR count). The normalized spacial score (nSPS) is 22.2. The Morgan fingerprint density at radius 3 is 2.30 bits per heavy atom. The zero-order valence-corrected chi connectivity index (χ0v) is 29.3. The van der Waals surface area contributed by atoms with Crippen LogP contribution in [-0.4, -0.2) is 80.9 Å². The van der Waals surface area contributed by atoms with E-state index in [0.29, 0.717) is 64.7 Å². The number of hydrogen-bond donors (Lipinski definition) is 0. The minimum absolute atomic E-state index is 0. The van der Waals surface area contributed by atoms with E-state index in [9.17, 15) is 9.35 Å². The fraction of sp³-hybridized carbons (Fsp3) is 0.441. The maximum Gasteiger partial charge on any atom is 0.254 e. The fourth-order valence-electron chi connectivity index (χ4n) is 7.06. The Bertz CT molecular complexity index is 1540. The minimum Gasteiger partial charge on any atom is -0.615 e. The van der Waals surface area contributed by atoms with Crippen LogP contribution < -0.4 is 14.2 Å². The van der Waals surface area contributed by atoms with E-state index < -0.39 is 16.8 Å². The summed E-state index contributed by atoms with van der Waals surface area (Å²) in [6, 6.07) is 17.3. The molecule has 0 aliphatic carbocycles. The number of fused-ring (bicyclic) bond motifs is 2. The number of morpholine rings is 1. The highest BCUT2D eigenvalue weighted by Crippen LogP contribution is 2.49. The second-order valence-electron chi connectivity index (χ2n) is 11.8.